The third kappa shape index (κ3) is 4.42. The van der Waals surface area contributed by atoms with E-state index in [1.165, 1.54) is 25.1 Å². The Morgan fingerprint density at radius 2 is 1.90 bits per heavy atom. The number of amides is 2. The Kier molecular flexibility index (Phi) is 6.50. The fourth-order valence-corrected chi connectivity index (χ4v) is 4.71. The van der Waals surface area contributed by atoms with Crippen LogP contribution in [0.5, 0.6) is 5.75 Å². The van der Waals surface area contributed by atoms with Gasteiger partial charge in [0.1, 0.15) is 35.0 Å². The van der Waals surface area contributed by atoms with Crippen LogP contribution in [-0.2, 0) is 15.8 Å². The molecule has 8 nitrogen and oxygen atoms in total. The molecule has 40 heavy (non-hydrogen) atoms. The van der Waals surface area contributed by atoms with Gasteiger partial charge in [-0.15, -0.1) is 0 Å². The molecule has 1 aliphatic rings. The first-order valence-electron chi connectivity index (χ1n) is 11.8. The smallest absolute Gasteiger partial charge is 0.424 e. The number of nitrogens with one attached hydrogen (secondary N) is 2. The summed E-state index contributed by atoms with van der Waals surface area (Å²) in [6.07, 6.45) is -5.34. The van der Waals surface area contributed by atoms with Crippen molar-refractivity contribution in [2.24, 2.45) is 5.73 Å². The van der Waals surface area contributed by atoms with Crippen molar-refractivity contribution in [1.82, 2.24) is 15.3 Å². The van der Waals surface area contributed by atoms with Crippen molar-refractivity contribution in [2.75, 3.05) is 13.2 Å². The topological polar surface area (TPSA) is 130 Å². The van der Waals surface area contributed by atoms with Gasteiger partial charge in [-0.2, -0.15) is 13.2 Å². The van der Waals surface area contributed by atoms with Crippen LogP contribution in [0.15, 0.2) is 54.6 Å². The highest BCUT2D eigenvalue weighted by atomic mass is 35.5. The molecule has 1 aliphatic heterocycles. The highest BCUT2D eigenvalue weighted by Crippen LogP contribution is 2.47. The summed E-state index contributed by atoms with van der Waals surface area (Å²) in [5.41, 5.74) is -0.270. The minimum absolute atomic E-state index is 0.0276. The summed E-state index contributed by atoms with van der Waals surface area (Å²) in [5.74, 6) is -2.46. The summed E-state index contributed by atoms with van der Waals surface area (Å²) in [7, 11) is 0. The largest absolute Gasteiger partial charge is 0.489 e. The van der Waals surface area contributed by atoms with Crippen molar-refractivity contribution >= 4 is 34.3 Å². The van der Waals surface area contributed by atoms with Crippen molar-refractivity contribution in [3.8, 4) is 17.0 Å². The lowest BCUT2D eigenvalue weighted by Gasteiger charge is -2.31. The summed E-state index contributed by atoms with van der Waals surface area (Å²) in [5, 5.41) is 14.0. The number of halogens is 5. The number of fused-ring (bicyclic) bond motifs is 2. The van der Waals surface area contributed by atoms with Gasteiger partial charge in [0.25, 0.3) is 5.91 Å². The zero-order chi connectivity index (χ0) is 29.0. The number of hydrogen-bond donors (Lipinski definition) is 4. The zero-order valence-electron chi connectivity index (χ0n) is 20.7. The number of aromatic nitrogens is 2. The van der Waals surface area contributed by atoms with Crippen LogP contribution < -0.4 is 15.8 Å². The molecule has 13 heteroatoms. The highest BCUT2D eigenvalue weighted by Gasteiger charge is 2.57. The van der Waals surface area contributed by atoms with E-state index in [9.17, 15) is 32.3 Å². The first kappa shape index (κ1) is 27.4. The summed E-state index contributed by atoms with van der Waals surface area (Å²) < 4.78 is 62.8. The Morgan fingerprint density at radius 1 is 1.20 bits per heavy atom. The number of alkyl halides is 3. The number of pyridine rings is 1. The first-order valence-corrected chi connectivity index (χ1v) is 12.2. The van der Waals surface area contributed by atoms with Crippen molar-refractivity contribution in [3.63, 3.8) is 0 Å². The van der Waals surface area contributed by atoms with Crippen molar-refractivity contribution < 1.29 is 37.0 Å². The van der Waals surface area contributed by atoms with Crippen LogP contribution >= 0.6 is 11.6 Å². The number of nitrogens with zero attached hydrogens (tertiary/aromatic N) is 1. The average molecular weight is 577 g/mol. The van der Waals surface area contributed by atoms with Gasteiger partial charge in [0.05, 0.1) is 12.2 Å². The number of carbonyl (C=O) groups is 2. The Morgan fingerprint density at radius 3 is 2.52 bits per heavy atom. The van der Waals surface area contributed by atoms with Crippen LogP contribution in [0.25, 0.3) is 22.2 Å². The lowest BCUT2D eigenvalue weighted by atomic mass is 9.81. The molecule has 5 N–H and O–H groups in total. The van der Waals surface area contributed by atoms with E-state index in [-0.39, 0.29) is 34.9 Å². The third-order valence-corrected chi connectivity index (χ3v) is 7.32. The van der Waals surface area contributed by atoms with Gasteiger partial charge in [-0.25, -0.2) is 9.37 Å². The standard InChI is InChI=1S/C27H21ClF4N4O4/c1-25(24(33)38)12-40-22-16(25)10-20(36-21(22)13-5-7-14(29)8-6-13)26(39,27(30,31)32)11-34-23(37)19-9-15-17(28)3-2-4-18(15)35-19/h2-10,35,39H,11-12H2,1H3,(H2,33,38)(H,34,37)/t25-,26-/m0/s1. The maximum atomic E-state index is 14.5. The van der Waals surface area contributed by atoms with E-state index >= 15 is 0 Å². The van der Waals surface area contributed by atoms with E-state index in [0.29, 0.717) is 15.9 Å². The third-order valence-electron chi connectivity index (χ3n) is 6.99. The molecular formula is C27H21ClF4N4O4. The molecule has 0 bridgehead atoms. The van der Waals surface area contributed by atoms with Crippen LogP contribution in [0, 0.1) is 5.82 Å². The molecular weight excluding hydrogens is 556 g/mol. The maximum absolute atomic E-state index is 14.5. The summed E-state index contributed by atoms with van der Waals surface area (Å²) in [6.45, 7) is -0.239. The van der Waals surface area contributed by atoms with Crippen LogP contribution in [-0.4, -0.2) is 46.2 Å². The van der Waals surface area contributed by atoms with Crippen LogP contribution in [0.4, 0.5) is 17.6 Å². The summed E-state index contributed by atoms with van der Waals surface area (Å²) in [6, 6.07) is 11.8. The first-order chi connectivity index (χ1) is 18.7. The van der Waals surface area contributed by atoms with Crippen LogP contribution in [0.1, 0.15) is 28.7 Å². The molecule has 0 fully saturated rings. The second-order valence-electron chi connectivity index (χ2n) is 9.65. The maximum Gasteiger partial charge on any atom is 0.424 e. The number of hydrogen-bond acceptors (Lipinski definition) is 5. The van der Waals surface area contributed by atoms with Gasteiger partial charge in [0.2, 0.25) is 11.5 Å². The van der Waals surface area contributed by atoms with Crippen LogP contribution in [0.2, 0.25) is 5.02 Å². The molecule has 2 atom stereocenters. The number of aromatic amines is 1. The number of aliphatic hydroxyl groups is 1. The predicted molar refractivity (Wildman–Crippen MR) is 137 cm³/mol. The molecule has 0 aliphatic carbocycles. The second kappa shape index (κ2) is 9.49. The average Bonchev–Trinajstić information content (AvgIpc) is 3.50. The van der Waals surface area contributed by atoms with E-state index in [1.54, 1.807) is 18.2 Å². The molecule has 2 amide bonds. The lowest BCUT2D eigenvalue weighted by molar-refractivity contribution is -0.265. The second-order valence-corrected chi connectivity index (χ2v) is 10.1. The molecule has 0 radical (unpaired) electrons. The number of nitrogens with two attached hydrogens (primary N) is 1. The molecule has 3 heterocycles. The monoisotopic (exact) mass is 576 g/mol. The van der Waals surface area contributed by atoms with Crippen molar-refractivity contribution in [2.45, 2.75) is 24.1 Å². The Labute approximate surface area is 229 Å². The molecule has 0 unspecified atom stereocenters. The normalized spacial score (nSPS) is 18.2. The lowest BCUT2D eigenvalue weighted by Crippen LogP contribution is -2.52. The van der Waals surface area contributed by atoms with E-state index in [2.05, 4.69) is 15.3 Å². The van der Waals surface area contributed by atoms with E-state index in [1.807, 2.05) is 0 Å². The number of rotatable bonds is 6. The minimum Gasteiger partial charge on any atom is -0.489 e. The van der Waals surface area contributed by atoms with Crippen LogP contribution in [0.3, 0.4) is 0 Å². The molecule has 2 aromatic heterocycles. The molecule has 0 saturated carbocycles. The van der Waals surface area contributed by atoms with E-state index in [0.717, 1.165) is 18.2 Å². The van der Waals surface area contributed by atoms with Gasteiger partial charge in [0, 0.05) is 27.1 Å². The number of ether oxygens (including phenoxy) is 1. The summed E-state index contributed by atoms with van der Waals surface area (Å²) >= 11 is 6.12. The molecule has 2 aromatic carbocycles. The Bertz CT molecular complexity index is 1660. The highest BCUT2D eigenvalue weighted by molar-refractivity contribution is 6.35. The van der Waals surface area contributed by atoms with Gasteiger partial charge in [-0.3, -0.25) is 9.59 Å². The van der Waals surface area contributed by atoms with Crippen molar-refractivity contribution in [1.29, 1.82) is 0 Å². The fraction of sp³-hybridized carbons (Fsp3) is 0.222. The summed E-state index contributed by atoms with van der Waals surface area (Å²) in [4.78, 5) is 32.0. The number of H-pyrrole nitrogens is 1. The quantitative estimate of drug-likeness (QED) is 0.254. The predicted octanol–water partition coefficient (Wildman–Crippen LogP) is 4.34. The Balaban J connectivity index is 1.59. The van der Waals surface area contributed by atoms with Crippen molar-refractivity contribution in [3.05, 3.63) is 82.4 Å². The minimum atomic E-state index is -5.34. The van der Waals surface area contributed by atoms with E-state index in [4.69, 9.17) is 22.1 Å². The SMILES string of the molecule is C[C@]1(C(N)=O)COc2c1cc([C@@](O)(CNC(=O)c1cc3c(Cl)cccc3[nH]1)C(F)(F)F)nc2-c1ccc(F)cc1. The molecule has 5 rings (SSSR count). The molecule has 0 spiro atoms. The number of primary amides is 1. The zero-order valence-corrected chi connectivity index (χ0v) is 21.5. The molecule has 4 aromatic rings. The molecule has 208 valence electrons. The van der Waals surface area contributed by atoms with Gasteiger partial charge < -0.3 is 25.9 Å². The van der Waals surface area contributed by atoms with E-state index < -0.39 is 47.1 Å². The Hall–Kier alpha value is -4.16. The van der Waals surface area contributed by atoms with Gasteiger partial charge in [-0.1, -0.05) is 17.7 Å². The number of benzene rings is 2. The van der Waals surface area contributed by atoms with Gasteiger partial charge >= 0.3 is 6.18 Å². The fourth-order valence-electron chi connectivity index (χ4n) is 4.48. The van der Waals surface area contributed by atoms with Gasteiger partial charge in [-0.05, 0) is 55.5 Å². The number of carbonyl (C=O) groups excluding carboxylic acids is 2. The molecule has 0 saturated heterocycles. The van der Waals surface area contributed by atoms with Gasteiger partial charge in [0.15, 0.2) is 0 Å².